The lowest BCUT2D eigenvalue weighted by Crippen LogP contribution is -2.39. The van der Waals surface area contributed by atoms with Crippen molar-refractivity contribution in [1.82, 2.24) is 4.90 Å². The Morgan fingerprint density at radius 3 is 2.05 bits per heavy atom. The first-order chi connectivity index (χ1) is 9.92. The molecular weight excluding hydrogens is 266 g/mol. The van der Waals surface area contributed by atoms with E-state index in [1.165, 1.54) is 0 Å². The lowest BCUT2D eigenvalue weighted by molar-refractivity contribution is -0.134. The maximum Gasteiger partial charge on any atom is 0.260 e. The Labute approximate surface area is 127 Å². The molecule has 0 atom stereocenters. The molecular formula is C17H25NO3. The fraction of sp³-hybridized carbons (Fsp3) is 0.529. The summed E-state index contributed by atoms with van der Waals surface area (Å²) in [6.45, 7) is 9.90. The van der Waals surface area contributed by atoms with Gasteiger partial charge in [0.1, 0.15) is 12.0 Å². The van der Waals surface area contributed by atoms with Crippen LogP contribution in [0.4, 0.5) is 0 Å². The van der Waals surface area contributed by atoms with Gasteiger partial charge < -0.3 is 9.64 Å². The summed E-state index contributed by atoms with van der Waals surface area (Å²) in [7, 11) is 0. The van der Waals surface area contributed by atoms with E-state index in [2.05, 4.69) is 27.7 Å². The van der Waals surface area contributed by atoms with Gasteiger partial charge in [0.15, 0.2) is 6.61 Å². The van der Waals surface area contributed by atoms with Gasteiger partial charge in [-0.15, -0.1) is 0 Å². The van der Waals surface area contributed by atoms with Crippen molar-refractivity contribution in [2.45, 2.75) is 27.7 Å². The molecule has 0 saturated carbocycles. The second-order valence-electron chi connectivity index (χ2n) is 6.06. The molecule has 0 aliphatic carbocycles. The number of ether oxygens (including phenoxy) is 1. The fourth-order valence-corrected chi connectivity index (χ4v) is 2.04. The molecule has 0 heterocycles. The third kappa shape index (κ3) is 6.43. The van der Waals surface area contributed by atoms with Crippen LogP contribution < -0.4 is 4.74 Å². The summed E-state index contributed by atoms with van der Waals surface area (Å²) in [6.07, 6.45) is 0.780. The van der Waals surface area contributed by atoms with Gasteiger partial charge in [0, 0.05) is 18.7 Å². The molecule has 1 rings (SSSR count). The zero-order valence-electron chi connectivity index (χ0n) is 13.3. The van der Waals surface area contributed by atoms with Crippen LogP contribution in [-0.4, -0.2) is 36.8 Å². The van der Waals surface area contributed by atoms with Crippen LogP contribution in [0.5, 0.6) is 5.75 Å². The lowest BCUT2D eigenvalue weighted by Gasteiger charge is -2.26. The molecule has 1 aromatic carbocycles. The number of carbonyl (C=O) groups excluding carboxylic acids is 2. The van der Waals surface area contributed by atoms with Gasteiger partial charge in [0.25, 0.3) is 5.91 Å². The number of hydrogen-bond donors (Lipinski definition) is 0. The summed E-state index contributed by atoms with van der Waals surface area (Å²) in [5.74, 6) is 1.46. The number of aldehydes is 1. The Morgan fingerprint density at radius 1 is 1.10 bits per heavy atom. The zero-order chi connectivity index (χ0) is 15.8. The predicted molar refractivity (Wildman–Crippen MR) is 83.6 cm³/mol. The van der Waals surface area contributed by atoms with Crippen LogP contribution in [0.15, 0.2) is 24.3 Å². The molecule has 4 nitrogen and oxygen atoms in total. The summed E-state index contributed by atoms with van der Waals surface area (Å²) < 4.78 is 5.50. The van der Waals surface area contributed by atoms with Crippen molar-refractivity contribution < 1.29 is 14.3 Å². The van der Waals surface area contributed by atoms with E-state index in [0.717, 1.165) is 19.4 Å². The molecule has 4 heteroatoms. The van der Waals surface area contributed by atoms with Crippen LogP contribution in [0.1, 0.15) is 38.1 Å². The van der Waals surface area contributed by atoms with E-state index < -0.39 is 0 Å². The van der Waals surface area contributed by atoms with Crippen LogP contribution in [0.3, 0.4) is 0 Å². The van der Waals surface area contributed by atoms with Crippen LogP contribution in [0.2, 0.25) is 0 Å². The normalized spacial score (nSPS) is 10.8. The minimum Gasteiger partial charge on any atom is -0.484 e. The molecule has 21 heavy (non-hydrogen) atoms. The van der Waals surface area contributed by atoms with Crippen LogP contribution in [0.25, 0.3) is 0 Å². The van der Waals surface area contributed by atoms with Gasteiger partial charge in [-0.25, -0.2) is 0 Å². The third-order valence-electron chi connectivity index (χ3n) is 2.90. The maximum atomic E-state index is 12.3. The molecule has 0 radical (unpaired) electrons. The summed E-state index contributed by atoms with van der Waals surface area (Å²) in [5, 5.41) is 0. The first-order valence-electron chi connectivity index (χ1n) is 7.38. The molecule has 0 spiro atoms. The molecule has 0 N–H and O–H groups in total. The van der Waals surface area contributed by atoms with E-state index in [1.54, 1.807) is 24.3 Å². The molecule has 0 unspecified atom stereocenters. The molecule has 0 aliphatic heterocycles. The Bertz CT molecular complexity index is 442. The second kappa shape index (κ2) is 8.45. The number of nitrogens with zero attached hydrogens (tertiary/aromatic N) is 1. The van der Waals surface area contributed by atoms with Gasteiger partial charge in [-0.2, -0.15) is 0 Å². The van der Waals surface area contributed by atoms with E-state index in [4.69, 9.17) is 4.74 Å². The third-order valence-corrected chi connectivity index (χ3v) is 2.90. The molecule has 0 aromatic heterocycles. The Kier molecular flexibility index (Phi) is 6.92. The van der Waals surface area contributed by atoms with Crippen LogP contribution in [-0.2, 0) is 4.79 Å². The molecule has 0 bridgehead atoms. The van der Waals surface area contributed by atoms with Crippen molar-refractivity contribution in [3.05, 3.63) is 29.8 Å². The largest absolute Gasteiger partial charge is 0.484 e. The highest BCUT2D eigenvalue weighted by molar-refractivity contribution is 5.78. The van der Waals surface area contributed by atoms with Crippen LogP contribution >= 0.6 is 0 Å². The standard InChI is InChI=1S/C17H25NO3/c1-13(2)9-18(10-14(3)4)17(20)12-21-16-7-5-15(11-19)6-8-16/h5-8,11,13-14H,9-10,12H2,1-4H3. The van der Waals surface area contributed by atoms with E-state index in [1.807, 2.05) is 4.90 Å². The number of rotatable bonds is 8. The second-order valence-corrected chi connectivity index (χ2v) is 6.06. The maximum absolute atomic E-state index is 12.3. The van der Waals surface area contributed by atoms with E-state index in [9.17, 15) is 9.59 Å². The van der Waals surface area contributed by atoms with Crippen molar-refractivity contribution in [3.8, 4) is 5.75 Å². The molecule has 0 fully saturated rings. The summed E-state index contributed by atoms with van der Waals surface area (Å²) in [5.41, 5.74) is 0.593. The van der Waals surface area contributed by atoms with Gasteiger partial charge in [-0.3, -0.25) is 9.59 Å². The summed E-state index contributed by atoms with van der Waals surface area (Å²) in [4.78, 5) is 24.7. The number of benzene rings is 1. The number of hydrogen-bond acceptors (Lipinski definition) is 3. The average molecular weight is 291 g/mol. The molecule has 0 saturated heterocycles. The van der Waals surface area contributed by atoms with Crippen molar-refractivity contribution in [2.24, 2.45) is 11.8 Å². The first kappa shape index (κ1) is 17.2. The highest BCUT2D eigenvalue weighted by atomic mass is 16.5. The van der Waals surface area contributed by atoms with Crippen molar-refractivity contribution in [3.63, 3.8) is 0 Å². The summed E-state index contributed by atoms with van der Waals surface area (Å²) >= 11 is 0. The van der Waals surface area contributed by atoms with Crippen LogP contribution in [0, 0.1) is 11.8 Å². The topological polar surface area (TPSA) is 46.6 Å². The lowest BCUT2D eigenvalue weighted by atomic mass is 10.1. The van der Waals surface area contributed by atoms with Gasteiger partial charge in [0.05, 0.1) is 0 Å². The molecule has 116 valence electrons. The van der Waals surface area contributed by atoms with Gasteiger partial charge >= 0.3 is 0 Å². The van der Waals surface area contributed by atoms with Gasteiger partial charge in [0.2, 0.25) is 0 Å². The number of carbonyl (C=O) groups is 2. The minimum atomic E-state index is -0.00290. The Hall–Kier alpha value is -1.84. The Morgan fingerprint density at radius 2 is 1.62 bits per heavy atom. The Balaban J connectivity index is 2.57. The van der Waals surface area contributed by atoms with Gasteiger partial charge in [-0.1, -0.05) is 27.7 Å². The highest BCUT2D eigenvalue weighted by Gasteiger charge is 2.16. The summed E-state index contributed by atoms with van der Waals surface area (Å²) in [6, 6.07) is 6.75. The molecule has 1 aromatic rings. The predicted octanol–water partition coefficient (Wildman–Crippen LogP) is 3.02. The van der Waals surface area contributed by atoms with E-state index >= 15 is 0 Å². The number of amides is 1. The minimum absolute atomic E-state index is 0.00290. The SMILES string of the molecule is CC(C)CN(CC(C)C)C(=O)COc1ccc(C=O)cc1. The average Bonchev–Trinajstić information content (AvgIpc) is 2.43. The zero-order valence-corrected chi connectivity index (χ0v) is 13.3. The fourth-order valence-electron chi connectivity index (χ4n) is 2.04. The highest BCUT2D eigenvalue weighted by Crippen LogP contribution is 2.12. The van der Waals surface area contributed by atoms with E-state index in [-0.39, 0.29) is 12.5 Å². The quantitative estimate of drug-likeness (QED) is 0.692. The van der Waals surface area contributed by atoms with Crippen molar-refractivity contribution in [2.75, 3.05) is 19.7 Å². The molecule has 0 aliphatic rings. The van der Waals surface area contributed by atoms with E-state index in [0.29, 0.717) is 23.1 Å². The van der Waals surface area contributed by atoms with Crippen molar-refractivity contribution in [1.29, 1.82) is 0 Å². The van der Waals surface area contributed by atoms with Gasteiger partial charge in [-0.05, 0) is 36.1 Å². The molecule has 1 amide bonds. The smallest absolute Gasteiger partial charge is 0.260 e. The first-order valence-corrected chi connectivity index (χ1v) is 7.38. The van der Waals surface area contributed by atoms with Crippen molar-refractivity contribution >= 4 is 12.2 Å². The monoisotopic (exact) mass is 291 g/mol.